The minimum Gasteiger partial charge on any atom is -0.480 e. The number of amides is 2. The van der Waals surface area contributed by atoms with Gasteiger partial charge in [0.25, 0.3) is 0 Å². The average molecular weight is 246 g/mol. The fourth-order valence-corrected chi connectivity index (χ4v) is 2.50. The maximum atomic E-state index is 11.7. The molecule has 0 aromatic heterocycles. The molecule has 1 heterocycles. The summed E-state index contributed by atoms with van der Waals surface area (Å²) >= 11 is 1.47. The summed E-state index contributed by atoms with van der Waals surface area (Å²) in [5, 5.41) is 11.7. The molecule has 1 aliphatic rings. The largest absolute Gasteiger partial charge is 0.480 e. The number of carbonyl (C=O) groups excluding carboxylic acids is 1. The standard InChI is InChI=1S/C10H18N2O3S/c1-3-7(2)4-11-10(15)12-6-16-5-8(12)9(13)14/h7-8H,3-6H2,1-2H3,(H,11,15)(H,13,14). The fourth-order valence-electron chi connectivity index (χ4n) is 1.35. The first-order valence-corrected chi connectivity index (χ1v) is 6.56. The summed E-state index contributed by atoms with van der Waals surface area (Å²) in [7, 11) is 0. The SMILES string of the molecule is CCC(C)CNC(=O)N1CSCC1C(=O)O. The highest BCUT2D eigenvalue weighted by Gasteiger charge is 2.34. The molecule has 2 N–H and O–H groups in total. The van der Waals surface area contributed by atoms with E-state index in [0.717, 1.165) is 6.42 Å². The molecule has 5 nitrogen and oxygen atoms in total. The number of urea groups is 1. The van der Waals surface area contributed by atoms with Crippen molar-refractivity contribution in [2.45, 2.75) is 26.3 Å². The highest BCUT2D eigenvalue weighted by molar-refractivity contribution is 7.99. The maximum Gasteiger partial charge on any atom is 0.327 e. The van der Waals surface area contributed by atoms with Gasteiger partial charge in [0.15, 0.2) is 0 Å². The first kappa shape index (κ1) is 13.2. The number of carbonyl (C=O) groups is 2. The van der Waals surface area contributed by atoms with Gasteiger partial charge in [-0.05, 0) is 5.92 Å². The lowest BCUT2D eigenvalue weighted by Gasteiger charge is -2.21. The summed E-state index contributed by atoms with van der Waals surface area (Å²) in [6.45, 7) is 4.71. The third kappa shape index (κ3) is 3.30. The second-order valence-electron chi connectivity index (χ2n) is 4.02. The molecule has 0 aliphatic carbocycles. The Hall–Kier alpha value is -0.910. The molecule has 0 bridgehead atoms. The summed E-state index contributed by atoms with van der Waals surface area (Å²) in [6, 6.07) is -0.945. The van der Waals surface area contributed by atoms with E-state index in [1.54, 1.807) is 0 Å². The van der Waals surface area contributed by atoms with Crippen LogP contribution in [-0.2, 0) is 4.79 Å². The van der Waals surface area contributed by atoms with Crippen molar-refractivity contribution in [2.75, 3.05) is 18.2 Å². The number of carboxylic acid groups (broad SMARTS) is 1. The maximum absolute atomic E-state index is 11.7. The molecule has 92 valence electrons. The molecule has 1 fully saturated rings. The number of nitrogens with zero attached hydrogens (tertiary/aromatic N) is 1. The predicted molar refractivity (Wildman–Crippen MR) is 63.4 cm³/mol. The molecule has 0 saturated carbocycles. The highest BCUT2D eigenvalue weighted by Crippen LogP contribution is 2.20. The van der Waals surface area contributed by atoms with Gasteiger partial charge in [-0.15, -0.1) is 11.8 Å². The van der Waals surface area contributed by atoms with Crippen LogP contribution in [0.25, 0.3) is 0 Å². The van der Waals surface area contributed by atoms with Gasteiger partial charge in [-0.2, -0.15) is 0 Å². The number of rotatable bonds is 4. The Labute approximate surface area is 99.6 Å². The molecular formula is C10H18N2O3S. The van der Waals surface area contributed by atoms with Crippen LogP contribution in [0.2, 0.25) is 0 Å². The zero-order chi connectivity index (χ0) is 12.1. The number of carboxylic acids is 1. The van der Waals surface area contributed by atoms with E-state index in [-0.39, 0.29) is 6.03 Å². The van der Waals surface area contributed by atoms with Gasteiger partial charge in [0, 0.05) is 12.3 Å². The van der Waals surface area contributed by atoms with Gasteiger partial charge in [-0.25, -0.2) is 9.59 Å². The number of aliphatic carboxylic acids is 1. The lowest BCUT2D eigenvalue weighted by molar-refractivity contribution is -0.140. The van der Waals surface area contributed by atoms with E-state index in [0.29, 0.717) is 24.1 Å². The minimum atomic E-state index is -0.927. The van der Waals surface area contributed by atoms with E-state index in [1.807, 2.05) is 6.92 Å². The first-order valence-electron chi connectivity index (χ1n) is 5.41. The zero-order valence-electron chi connectivity index (χ0n) is 9.60. The lowest BCUT2D eigenvalue weighted by atomic mass is 10.1. The van der Waals surface area contributed by atoms with Gasteiger partial charge in [0.05, 0.1) is 5.88 Å². The van der Waals surface area contributed by atoms with Crippen LogP contribution < -0.4 is 5.32 Å². The van der Waals surface area contributed by atoms with Crippen molar-refractivity contribution >= 4 is 23.8 Å². The van der Waals surface area contributed by atoms with Gasteiger partial charge < -0.3 is 15.3 Å². The van der Waals surface area contributed by atoms with E-state index in [4.69, 9.17) is 5.11 Å². The van der Waals surface area contributed by atoms with E-state index >= 15 is 0 Å². The molecule has 1 rings (SSSR count). The molecule has 1 aliphatic heterocycles. The van der Waals surface area contributed by atoms with Crippen molar-refractivity contribution in [3.05, 3.63) is 0 Å². The van der Waals surface area contributed by atoms with Crippen LogP contribution >= 0.6 is 11.8 Å². The highest BCUT2D eigenvalue weighted by atomic mass is 32.2. The van der Waals surface area contributed by atoms with Gasteiger partial charge in [0.1, 0.15) is 6.04 Å². The van der Waals surface area contributed by atoms with Crippen molar-refractivity contribution in [3.63, 3.8) is 0 Å². The Balaban J connectivity index is 2.44. The summed E-state index contributed by atoms with van der Waals surface area (Å²) < 4.78 is 0. The molecule has 16 heavy (non-hydrogen) atoms. The summed E-state index contributed by atoms with van der Waals surface area (Å²) in [4.78, 5) is 24.0. The molecule has 0 radical (unpaired) electrons. The Bertz CT molecular complexity index is 273. The monoisotopic (exact) mass is 246 g/mol. The number of thioether (sulfide) groups is 1. The van der Waals surface area contributed by atoms with Crippen LogP contribution in [0.15, 0.2) is 0 Å². The smallest absolute Gasteiger partial charge is 0.327 e. The molecule has 2 unspecified atom stereocenters. The number of hydrogen-bond acceptors (Lipinski definition) is 3. The summed E-state index contributed by atoms with van der Waals surface area (Å²) in [6.07, 6.45) is 0.997. The van der Waals surface area contributed by atoms with Crippen LogP contribution in [0.3, 0.4) is 0 Å². The summed E-state index contributed by atoms with van der Waals surface area (Å²) in [5.41, 5.74) is 0. The van der Waals surface area contributed by atoms with Crippen molar-refractivity contribution in [3.8, 4) is 0 Å². The Morgan fingerprint density at radius 3 is 2.88 bits per heavy atom. The molecule has 1 saturated heterocycles. The van der Waals surface area contributed by atoms with Gasteiger partial charge >= 0.3 is 12.0 Å². The molecule has 2 amide bonds. The topological polar surface area (TPSA) is 69.6 Å². The zero-order valence-corrected chi connectivity index (χ0v) is 10.4. The van der Waals surface area contributed by atoms with Gasteiger partial charge in [-0.3, -0.25) is 0 Å². The van der Waals surface area contributed by atoms with Crippen molar-refractivity contribution in [1.82, 2.24) is 10.2 Å². The van der Waals surface area contributed by atoms with Crippen molar-refractivity contribution in [1.29, 1.82) is 0 Å². The van der Waals surface area contributed by atoms with Crippen LogP contribution in [0, 0.1) is 5.92 Å². The van der Waals surface area contributed by atoms with E-state index in [1.165, 1.54) is 16.7 Å². The molecular weight excluding hydrogens is 228 g/mol. The third-order valence-corrected chi connectivity index (χ3v) is 3.74. The fraction of sp³-hybridized carbons (Fsp3) is 0.800. The van der Waals surface area contributed by atoms with E-state index < -0.39 is 12.0 Å². The Kier molecular flexibility index (Phi) is 4.92. The van der Waals surface area contributed by atoms with Crippen LogP contribution in [0.4, 0.5) is 4.79 Å². The lowest BCUT2D eigenvalue weighted by Crippen LogP contribution is -2.47. The predicted octanol–water partition coefficient (Wildman–Crippen LogP) is 1.20. The van der Waals surface area contributed by atoms with Gasteiger partial charge in [-0.1, -0.05) is 20.3 Å². The summed E-state index contributed by atoms with van der Waals surface area (Å²) in [5.74, 6) is 0.432. The molecule has 0 spiro atoms. The average Bonchev–Trinajstić information content (AvgIpc) is 2.74. The Morgan fingerprint density at radius 2 is 2.31 bits per heavy atom. The van der Waals surface area contributed by atoms with Gasteiger partial charge in [0.2, 0.25) is 0 Å². The first-order chi connectivity index (χ1) is 7.56. The second kappa shape index (κ2) is 5.98. The minimum absolute atomic E-state index is 0.266. The van der Waals surface area contributed by atoms with Crippen molar-refractivity contribution in [2.24, 2.45) is 5.92 Å². The van der Waals surface area contributed by atoms with Crippen LogP contribution in [0.5, 0.6) is 0 Å². The third-order valence-electron chi connectivity index (χ3n) is 2.73. The number of hydrogen-bond donors (Lipinski definition) is 2. The van der Waals surface area contributed by atoms with E-state index in [2.05, 4.69) is 12.2 Å². The molecule has 0 aromatic carbocycles. The normalized spacial score (nSPS) is 21.9. The second-order valence-corrected chi connectivity index (χ2v) is 5.02. The quantitative estimate of drug-likeness (QED) is 0.782. The molecule has 0 aromatic rings. The molecule has 6 heteroatoms. The van der Waals surface area contributed by atoms with Crippen LogP contribution in [-0.4, -0.2) is 46.2 Å². The Morgan fingerprint density at radius 1 is 1.62 bits per heavy atom. The number of nitrogens with one attached hydrogen (secondary N) is 1. The van der Waals surface area contributed by atoms with E-state index in [9.17, 15) is 9.59 Å². The van der Waals surface area contributed by atoms with Crippen molar-refractivity contribution < 1.29 is 14.7 Å². The van der Waals surface area contributed by atoms with Crippen LogP contribution in [0.1, 0.15) is 20.3 Å². The molecule has 2 atom stereocenters.